The molecule has 4 saturated carbocycles. The van der Waals surface area contributed by atoms with Crippen LogP contribution in [0.5, 0.6) is 0 Å². The van der Waals surface area contributed by atoms with Gasteiger partial charge < -0.3 is 10.2 Å². The molecule has 2 N–H and O–H groups in total. The van der Waals surface area contributed by atoms with Crippen LogP contribution >= 0.6 is 0 Å². The minimum Gasteiger partial charge on any atom is -0.326 e. The van der Waals surface area contributed by atoms with Gasteiger partial charge in [-0.3, -0.25) is 19.7 Å². The molecule has 6 heteroatoms. The fourth-order valence-corrected chi connectivity index (χ4v) is 7.83. The summed E-state index contributed by atoms with van der Waals surface area (Å²) < 4.78 is 0. The van der Waals surface area contributed by atoms with Crippen LogP contribution in [0.4, 0.5) is 5.69 Å². The molecule has 6 rings (SSSR count). The Morgan fingerprint density at radius 1 is 1.03 bits per heavy atom. The van der Waals surface area contributed by atoms with Crippen LogP contribution in [0.15, 0.2) is 24.3 Å². The summed E-state index contributed by atoms with van der Waals surface area (Å²) in [6.45, 7) is 1.19. The van der Waals surface area contributed by atoms with Gasteiger partial charge in [0.1, 0.15) is 0 Å². The second kappa shape index (κ2) is 10.4. The minimum atomic E-state index is -0.332. The number of amides is 3. The quantitative estimate of drug-likeness (QED) is 0.366. The number of hydrogen-bond donors (Lipinski definition) is 2. The highest BCUT2D eigenvalue weighted by atomic mass is 16.2. The third-order valence-electron chi connectivity index (χ3n) is 9.27. The van der Waals surface area contributed by atoms with E-state index >= 15 is 0 Å². The van der Waals surface area contributed by atoms with E-state index < -0.39 is 0 Å². The lowest BCUT2D eigenvalue weighted by atomic mass is 9.52. The Morgan fingerprint density at radius 3 is 2.40 bits per heavy atom. The molecule has 0 spiro atoms. The van der Waals surface area contributed by atoms with Crippen molar-refractivity contribution in [3.05, 3.63) is 29.8 Å². The van der Waals surface area contributed by atoms with E-state index in [4.69, 9.17) is 0 Å². The van der Waals surface area contributed by atoms with Gasteiger partial charge in [0.2, 0.25) is 17.7 Å². The van der Waals surface area contributed by atoms with Crippen molar-refractivity contribution in [3.63, 3.8) is 0 Å². The number of benzene rings is 1. The zero-order valence-electron chi connectivity index (χ0n) is 21.2. The Labute approximate surface area is 209 Å². The average molecular weight is 480 g/mol. The van der Waals surface area contributed by atoms with Crippen molar-refractivity contribution in [2.45, 2.75) is 94.9 Å². The number of anilines is 1. The third kappa shape index (κ3) is 5.63. The molecule has 1 aromatic rings. The maximum Gasteiger partial charge on any atom is 0.234 e. The first-order valence-electron chi connectivity index (χ1n) is 13.8. The number of nitrogens with zero attached hydrogens (tertiary/aromatic N) is 1. The van der Waals surface area contributed by atoms with Crippen molar-refractivity contribution >= 4 is 23.4 Å². The number of hydrogen-bond acceptors (Lipinski definition) is 4. The zero-order valence-corrected chi connectivity index (χ0v) is 21.2. The molecular weight excluding hydrogens is 438 g/mol. The molecule has 1 aromatic carbocycles. The molecule has 4 bridgehead atoms. The van der Waals surface area contributed by atoms with Gasteiger partial charge in [0.15, 0.2) is 0 Å². The van der Waals surface area contributed by atoms with E-state index in [1.165, 1.54) is 57.9 Å². The number of carbonyl (C=O) groups is 3. The molecule has 1 unspecified atom stereocenters. The first-order valence-corrected chi connectivity index (χ1v) is 13.8. The van der Waals surface area contributed by atoms with Crippen molar-refractivity contribution in [2.24, 2.45) is 17.8 Å². The predicted octanol–water partition coefficient (Wildman–Crippen LogP) is 5.00. The summed E-state index contributed by atoms with van der Waals surface area (Å²) in [5.74, 6) is 2.21. The molecule has 3 amide bonds. The standard InChI is InChI=1S/C29H41N3O3/c1-32(29-17-20-13-21(18-29)15-22(14-20)19-29)12-5-3-2-4-9-26(33)30-24-8-6-7-23(16-24)25-10-11-27(34)31-28(25)35/h6-8,16,20-22,25H,2-5,9-15,17-19H2,1H3,(H,30,33)(H,31,34,35). The summed E-state index contributed by atoms with van der Waals surface area (Å²) in [5.41, 5.74) is 2.06. The molecular formula is C29H41N3O3. The first kappa shape index (κ1) is 24.5. The number of piperidine rings is 1. The van der Waals surface area contributed by atoms with Crippen molar-refractivity contribution in [3.8, 4) is 0 Å². The predicted molar refractivity (Wildman–Crippen MR) is 137 cm³/mol. The van der Waals surface area contributed by atoms with Crippen LogP contribution in [0.2, 0.25) is 0 Å². The smallest absolute Gasteiger partial charge is 0.234 e. The fraction of sp³-hybridized carbons (Fsp3) is 0.690. The van der Waals surface area contributed by atoms with Crippen LogP contribution in [-0.4, -0.2) is 41.8 Å². The van der Waals surface area contributed by atoms with E-state index in [0.29, 0.717) is 24.8 Å². The maximum absolute atomic E-state index is 12.5. The summed E-state index contributed by atoms with van der Waals surface area (Å²) in [7, 11) is 2.36. The summed E-state index contributed by atoms with van der Waals surface area (Å²) in [4.78, 5) is 38.7. The molecule has 0 radical (unpaired) electrons. The molecule has 6 nitrogen and oxygen atoms in total. The molecule has 1 atom stereocenters. The van der Waals surface area contributed by atoms with Crippen LogP contribution in [-0.2, 0) is 14.4 Å². The summed E-state index contributed by atoms with van der Waals surface area (Å²) in [6, 6.07) is 7.46. The Hall–Kier alpha value is -2.21. The van der Waals surface area contributed by atoms with Crippen LogP contribution in [0.25, 0.3) is 0 Å². The molecule has 1 aliphatic heterocycles. The first-order chi connectivity index (χ1) is 16.9. The monoisotopic (exact) mass is 479 g/mol. The van der Waals surface area contributed by atoms with Gasteiger partial charge in [0.05, 0.1) is 5.92 Å². The Kier molecular flexibility index (Phi) is 7.29. The Balaban J connectivity index is 0.998. The van der Waals surface area contributed by atoms with Gasteiger partial charge in [0.25, 0.3) is 0 Å². The lowest BCUT2D eigenvalue weighted by Crippen LogP contribution is -2.58. The van der Waals surface area contributed by atoms with E-state index in [1.807, 2.05) is 24.3 Å². The second-order valence-electron chi connectivity index (χ2n) is 11.9. The van der Waals surface area contributed by atoms with Crippen molar-refractivity contribution in [1.82, 2.24) is 10.2 Å². The normalized spacial score (nSPS) is 31.6. The molecule has 4 aliphatic carbocycles. The van der Waals surface area contributed by atoms with Gasteiger partial charge in [-0.25, -0.2) is 0 Å². The van der Waals surface area contributed by atoms with Gasteiger partial charge >= 0.3 is 0 Å². The van der Waals surface area contributed by atoms with Crippen molar-refractivity contribution in [1.29, 1.82) is 0 Å². The number of nitrogens with one attached hydrogen (secondary N) is 2. The molecule has 0 aromatic heterocycles. The lowest BCUT2D eigenvalue weighted by molar-refractivity contribution is -0.134. The SMILES string of the molecule is CN(CCCCCCC(=O)Nc1cccc(C2CCC(=O)NC2=O)c1)C12CC3CC(CC(C3)C1)C2. The molecule has 35 heavy (non-hydrogen) atoms. The van der Waals surface area contributed by atoms with Crippen molar-refractivity contribution < 1.29 is 14.4 Å². The molecule has 1 saturated heterocycles. The fourth-order valence-electron chi connectivity index (χ4n) is 7.83. The second-order valence-corrected chi connectivity index (χ2v) is 11.9. The van der Waals surface area contributed by atoms with E-state index in [2.05, 4.69) is 22.6 Å². The van der Waals surface area contributed by atoms with Gasteiger partial charge in [-0.1, -0.05) is 25.0 Å². The van der Waals surface area contributed by atoms with Crippen LogP contribution in [0.1, 0.15) is 95.0 Å². The highest BCUT2D eigenvalue weighted by Crippen LogP contribution is 2.57. The van der Waals surface area contributed by atoms with Crippen molar-refractivity contribution in [2.75, 3.05) is 18.9 Å². The van der Waals surface area contributed by atoms with Gasteiger partial charge in [-0.15, -0.1) is 0 Å². The maximum atomic E-state index is 12.5. The zero-order chi connectivity index (χ0) is 24.4. The van der Waals surface area contributed by atoms with Gasteiger partial charge in [-0.2, -0.15) is 0 Å². The van der Waals surface area contributed by atoms with E-state index in [0.717, 1.165) is 41.8 Å². The van der Waals surface area contributed by atoms with Crippen LogP contribution < -0.4 is 10.6 Å². The summed E-state index contributed by atoms with van der Waals surface area (Å²) >= 11 is 0. The molecule has 5 fully saturated rings. The van der Waals surface area contributed by atoms with Gasteiger partial charge in [0, 0.05) is 24.1 Å². The van der Waals surface area contributed by atoms with E-state index in [1.54, 1.807) is 0 Å². The van der Waals surface area contributed by atoms with Gasteiger partial charge in [-0.05, 0) is 107 Å². The number of carbonyl (C=O) groups excluding carboxylic acids is 3. The molecule has 5 aliphatic rings. The Bertz CT molecular complexity index is 923. The van der Waals surface area contributed by atoms with E-state index in [-0.39, 0.29) is 23.6 Å². The largest absolute Gasteiger partial charge is 0.326 e. The minimum absolute atomic E-state index is 0.0242. The molecule has 190 valence electrons. The number of unbranched alkanes of at least 4 members (excludes halogenated alkanes) is 3. The third-order valence-corrected chi connectivity index (χ3v) is 9.27. The average Bonchev–Trinajstić information content (AvgIpc) is 2.80. The lowest BCUT2D eigenvalue weighted by Gasteiger charge is -2.60. The van der Waals surface area contributed by atoms with Crippen LogP contribution in [0.3, 0.4) is 0 Å². The van der Waals surface area contributed by atoms with Crippen LogP contribution in [0, 0.1) is 17.8 Å². The highest BCUT2D eigenvalue weighted by Gasteiger charge is 2.52. The summed E-state index contributed by atoms with van der Waals surface area (Å²) in [6.07, 6.45) is 14.5. The number of rotatable bonds is 10. The highest BCUT2D eigenvalue weighted by molar-refractivity contribution is 6.01. The Morgan fingerprint density at radius 2 is 1.71 bits per heavy atom. The molecule has 1 heterocycles. The summed E-state index contributed by atoms with van der Waals surface area (Å²) in [5, 5.41) is 5.39. The van der Waals surface area contributed by atoms with E-state index in [9.17, 15) is 14.4 Å². The topological polar surface area (TPSA) is 78.5 Å². The number of imide groups is 1.